The molecule has 1 aromatic heterocycles. The molecule has 1 N–H and O–H groups in total. The van der Waals surface area contributed by atoms with E-state index in [0.29, 0.717) is 17.2 Å². The summed E-state index contributed by atoms with van der Waals surface area (Å²) in [5.41, 5.74) is 1.96. The van der Waals surface area contributed by atoms with Crippen LogP contribution in [0, 0.1) is 5.92 Å². The van der Waals surface area contributed by atoms with E-state index >= 15 is 0 Å². The number of aromatic nitrogens is 1. The van der Waals surface area contributed by atoms with E-state index in [2.05, 4.69) is 9.88 Å². The normalized spacial score (nSPS) is 15.9. The van der Waals surface area contributed by atoms with Gasteiger partial charge in [0.2, 0.25) is 10.0 Å². The molecule has 0 spiro atoms. The summed E-state index contributed by atoms with van der Waals surface area (Å²) in [6.45, 7) is 0. The number of hydrogen-bond donors (Lipinski definition) is 1. The smallest absolute Gasteiger partial charge is 0.218 e. The highest BCUT2D eigenvalue weighted by atomic mass is 32.2. The monoisotopic (exact) mass is 372 g/mol. The van der Waals surface area contributed by atoms with Crippen molar-refractivity contribution >= 4 is 21.0 Å². The van der Waals surface area contributed by atoms with Gasteiger partial charge in [-0.15, -0.1) is 0 Å². The summed E-state index contributed by atoms with van der Waals surface area (Å²) in [6.07, 6.45) is 2.04. The Morgan fingerprint density at radius 1 is 1.19 bits per heavy atom. The molecule has 0 bridgehead atoms. The van der Waals surface area contributed by atoms with E-state index in [0.717, 1.165) is 29.5 Å². The molecule has 6 nitrogen and oxygen atoms in total. The molecule has 136 valence electrons. The first-order valence-electron chi connectivity index (χ1n) is 8.53. The number of para-hydroxylation sites is 1. The van der Waals surface area contributed by atoms with Gasteiger partial charge in [0.05, 0.1) is 7.11 Å². The number of rotatable bonds is 7. The second kappa shape index (κ2) is 6.74. The van der Waals surface area contributed by atoms with E-state index in [1.807, 2.05) is 42.5 Å². The fraction of sp³-hybridized carbons (Fsp3) is 0.316. The minimum atomic E-state index is -3.57. The lowest BCUT2D eigenvalue weighted by molar-refractivity contribution is 0.414. The van der Waals surface area contributed by atoms with E-state index in [1.165, 1.54) is 0 Å². The Kier molecular flexibility index (Phi) is 4.42. The standard InChI is InChI=1S/C19H20N2O4S/c1-24-15-10-8-14(9-11-15)19(13-6-7-13)21-26(22,23)12-17-16-4-2-3-5-18(16)25-20-17/h2-5,8-11,13,19,21H,6-7,12H2,1H3/t19-/m0/s1. The molecular formula is C19H20N2O4S. The zero-order valence-corrected chi connectivity index (χ0v) is 15.2. The number of nitrogens with one attached hydrogen (secondary N) is 1. The van der Waals surface area contributed by atoms with Crippen LogP contribution in [0.4, 0.5) is 0 Å². The number of fused-ring (bicyclic) bond motifs is 1. The van der Waals surface area contributed by atoms with Crippen LogP contribution in [0.2, 0.25) is 0 Å². The second-order valence-electron chi connectivity index (χ2n) is 6.59. The average molecular weight is 372 g/mol. The number of ether oxygens (including phenoxy) is 1. The number of hydrogen-bond acceptors (Lipinski definition) is 5. The Morgan fingerprint density at radius 3 is 2.62 bits per heavy atom. The Bertz CT molecular complexity index is 1010. The lowest BCUT2D eigenvalue weighted by Gasteiger charge is -2.19. The topological polar surface area (TPSA) is 81.4 Å². The van der Waals surface area contributed by atoms with Crippen LogP contribution in [0.25, 0.3) is 11.0 Å². The van der Waals surface area contributed by atoms with Crippen LogP contribution in [0.3, 0.4) is 0 Å². The van der Waals surface area contributed by atoms with Crippen LogP contribution in [0.15, 0.2) is 53.1 Å². The largest absolute Gasteiger partial charge is 0.497 e. The zero-order chi connectivity index (χ0) is 18.1. The van der Waals surface area contributed by atoms with Crippen LogP contribution in [0.1, 0.15) is 30.1 Å². The zero-order valence-electron chi connectivity index (χ0n) is 14.4. The fourth-order valence-corrected chi connectivity index (χ4v) is 4.50. The summed E-state index contributed by atoms with van der Waals surface area (Å²) < 4.78 is 38.8. The molecule has 1 atom stereocenters. The Hall–Kier alpha value is -2.38. The third-order valence-corrected chi connectivity index (χ3v) is 5.92. The third kappa shape index (κ3) is 3.59. The summed E-state index contributed by atoms with van der Waals surface area (Å²) in [7, 11) is -1.96. The molecule has 0 unspecified atom stereocenters. The van der Waals surface area contributed by atoms with Crippen molar-refractivity contribution in [1.29, 1.82) is 0 Å². The van der Waals surface area contributed by atoms with Crippen LogP contribution in [0.5, 0.6) is 5.75 Å². The molecule has 1 fully saturated rings. The van der Waals surface area contributed by atoms with Crippen LogP contribution >= 0.6 is 0 Å². The maximum Gasteiger partial charge on any atom is 0.218 e. The average Bonchev–Trinajstić information content (AvgIpc) is 3.42. The molecule has 1 saturated carbocycles. The van der Waals surface area contributed by atoms with Gasteiger partial charge in [0.25, 0.3) is 0 Å². The van der Waals surface area contributed by atoms with Crippen molar-refractivity contribution in [2.45, 2.75) is 24.6 Å². The third-order valence-electron chi connectivity index (χ3n) is 4.65. The Balaban J connectivity index is 1.56. The summed E-state index contributed by atoms with van der Waals surface area (Å²) in [5.74, 6) is 0.871. The highest BCUT2D eigenvalue weighted by Crippen LogP contribution is 2.41. The molecular weight excluding hydrogens is 352 g/mol. The van der Waals surface area contributed by atoms with Gasteiger partial charge in [0.1, 0.15) is 17.2 Å². The van der Waals surface area contributed by atoms with Gasteiger partial charge in [0.15, 0.2) is 5.58 Å². The fourth-order valence-electron chi connectivity index (χ4n) is 3.13. The van der Waals surface area contributed by atoms with Crippen LogP contribution in [-0.2, 0) is 15.8 Å². The van der Waals surface area contributed by atoms with E-state index in [-0.39, 0.29) is 11.8 Å². The predicted octanol–water partition coefficient (Wildman–Crippen LogP) is 3.41. The number of sulfonamides is 1. The highest BCUT2D eigenvalue weighted by Gasteiger charge is 2.35. The van der Waals surface area contributed by atoms with Crippen molar-refractivity contribution in [2.75, 3.05) is 7.11 Å². The molecule has 4 rings (SSSR count). The second-order valence-corrected chi connectivity index (χ2v) is 8.34. The molecule has 0 amide bonds. The Morgan fingerprint density at radius 2 is 1.92 bits per heavy atom. The molecule has 1 heterocycles. The van der Waals surface area contributed by atoms with Gasteiger partial charge in [-0.1, -0.05) is 29.4 Å². The van der Waals surface area contributed by atoms with Crippen molar-refractivity contribution in [1.82, 2.24) is 9.88 Å². The van der Waals surface area contributed by atoms with Crippen LogP contribution in [-0.4, -0.2) is 20.7 Å². The molecule has 3 aromatic rings. The molecule has 0 saturated heterocycles. The molecule has 2 aromatic carbocycles. The molecule has 1 aliphatic carbocycles. The lowest BCUT2D eigenvalue weighted by atomic mass is 10.0. The van der Waals surface area contributed by atoms with Crippen molar-refractivity contribution in [3.63, 3.8) is 0 Å². The summed E-state index contributed by atoms with van der Waals surface area (Å²) in [5, 5.41) is 4.66. The van der Waals surface area contributed by atoms with E-state index in [4.69, 9.17) is 9.26 Å². The van der Waals surface area contributed by atoms with Crippen LogP contribution < -0.4 is 9.46 Å². The Labute approximate surface area is 152 Å². The lowest BCUT2D eigenvalue weighted by Crippen LogP contribution is -2.31. The van der Waals surface area contributed by atoms with Gasteiger partial charge in [-0.3, -0.25) is 0 Å². The summed E-state index contributed by atoms with van der Waals surface area (Å²) >= 11 is 0. The summed E-state index contributed by atoms with van der Waals surface area (Å²) in [4.78, 5) is 0. The number of benzene rings is 2. The SMILES string of the molecule is COc1ccc([C@@H](NS(=O)(=O)Cc2noc3ccccc23)C2CC2)cc1. The minimum absolute atomic E-state index is 0.205. The van der Waals surface area contributed by atoms with Crippen molar-refractivity contribution in [3.8, 4) is 5.75 Å². The first-order chi connectivity index (χ1) is 12.6. The number of methoxy groups -OCH3 is 1. The van der Waals surface area contributed by atoms with E-state index in [9.17, 15) is 8.42 Å². The van der Waals surface area contributed by atoms with Crippen molar-refractivity contribution in [2.24, 2.45) is 5.92 Å². The maximum atomic E-state index is 12.8. The summed E-state index contributed by atoms with van der Waals surface area (Å²) in [6, 6.07) is 14.6. The number of nitrogens with zero attached hydrogens (tertiary/aromatic N) is 1. The molecule has 26 heavy (non-hydrogen) atoms. The van der Waals surface area contributed by atoms with E-state index < -0.39 is 10.0 Å². The van der Waals surface area contributed by atoms with Gasteiger partial charge in [-0.25, -0.2) is 13.1 Å². The predicted molar refractivity (Wildman–Crippen MR) is 98.2 cm³/mol. The highest BCUT2D eigenvalue weighted by molar-refractivity contribution is 7.88. The minimum Gasteiger partial charge on any atom is -0.497 e. The first-order valence-corrected chi connectivity index (χ1v) is 10.2. The van der Waals surface area contributed by atoms with Crippen molar-refractivity contribution in [3.05, 3.63) is 59.8 Å². The molecule has 7 heteroatoms. The molecule has 0 aliphatic heterocycles. The maximum absolute atomic E-state index is 12.8. The molecule has 0 radical (unpaired) electrons. The molecule has 1 aliphatic rings. The van der Waals surface area contributed by atoms with Gasteiger partial charge in [0, 0.05) is 11.4 Å². The van der Waals surface area contributed by atoms with Gasteiger partial charge in [-0.2, -0.15) is 0 Å². The first kappa shape index (κ1) is 17.1. The van der Waals surface area contributed by atoms with Gasteiger partial charge < -0.3 is 9.26 Å². The quantitative estimate of drug-likeness (QED) is 0.687. The van der Waals surface area contributed by atoms with Crippen molar-refractivity contribution < 1.29 is 17.7 Å². The van der Waals surface area contributed by atoms with Gasteiger partial charge in [-0.05, 0) is 48.6 Å². The van der Waals surface area contributed by atoms with Gasteiger partial charge >= 0.3 is 0 Å². The van der Waals surface area contributed by atoms with E-state index in [1.54, 1.807) is 13.2 Å².